The fourth-order valence-corrected chi connectivity index (χ4v) is 5.32. The maximum absolute atomic E-state index is 13.4. The van der Waals surface area contributed by atoms with E-state index >= 15 is 0 Å². The summed E-state index contributed by atoms with van der Waals surface area (Å²) in [5.74, 6) is 0.801. The molecule has 0 aliphatic carbocycles. The van der Waals surface area contributed by atoms with Crippen molar-refractivity contribution in [3.05, 3.63) is 65.2 Å². The molecular weight excluding hydrogens is 416 g/mol. The molecule has 0 aromatic heterocycles. The molecule has 1 saturated heterocycles. The molecule has 1 heterocycles. The van der Waals surface area contributed by atoms with E-state index < -0.39 is 0 Å². The molecule has 0 bridgehead atoms. The molecular formula is C26H36N4OS. The van der Waals surface area contributed by atoms with Gasteiger partial charge in [0.2, 0.25) is 5.91 Å². The first-order valence-corrected chi connectivity index (χ1v) is 12.6. The quantitative estimate of drug-likeness (QED) is 0.492. The van der Waals surface area contributed by atoms with Gasteiger partial charge < -0.3 is 16.0 Å². The fraction of sp³-hybridized carbons (Fsp3) is 0.462. The van der Waals surface area contributed by atoms with Gasteiger partial charge in [-0.1, -0.05) is 61.5 Å². The lowest BCUT2D eigenvalue weighted by Crippen LogP contribution is -2.47. The Kier molecular flexibility index (Phi) is 9.18. The zero-order valence-corrected chi connectivity index (χ0v) is 20.3. The first kappa shape index (κ1) is 24.3. The highest BCUT2D eigenvalue weighted by Crippen LogP contribution is 2.29. The van der Waals surface area contributed by atoms with Crippen molar-refractivity contribution in [1.82, 2.24) is 10.2 Å². The second-order valence-corrected chi connectivity index (χ2v) is 9.48. The van der Waals surface area contributed by atoms with Crippen molar-refractivity contribution in [2.75, 3.05) is 18.8 Å². The third-order valence-corrected chi connectivity index (χ3v) is 6.82. The lowest BCUT2D eigenvalue weighted by atomic mass is 10.0. The van der Waals surface area contributed by atoms with E-state index in [4.69, 9.17) is 10.7 Å². The molecule has 2 aromatic rings. The average Bonchev–Trinajstić information content (AvgIpc) is 3.17. The van der Waals surface area contributed by atoms with Crippen LogP contribution in [0, 0.1) is 13.8 Å². The zero-order chi connectivity index (χ0) is 22.9. The van der Waals surface area contributed by atoms with Crippen molar-refractivity contribution in [3.8, 4) is 0 Å². The zero-order valence-electron chi connectivity index (χ0n) is 19.5. The molecule has 0 saturated carbocycles. The molecule has 1 aliphatic heterocycles. The second-order valence-electron chi connectivity index (χ2n) is 8.49. The summed E-state index contributed by atoms with van der Waals surface area (Å²) in [6, 6.07) is 16.4. The van der Waals surface area contributed by atoms with E-state index in [1.165, 1.54) is 11.1 Å². The number of amides is 1. The molecule has 172 valence electrons. The van der Waals surface area contributed by atoms with E-state index in [9.17, 15) is 4.79 Å². The number of thioether (sulfide) groups is 1. The monoisotopic (exact) mass is 452 g/mol. The Labute approximate surface area is 196 Å². The van der Waals surface area contributed by atoms with Gasteiger partial charge in [0, 0.05) is 12.3 Å². The molecule has 2 atom stereocenters. The third-order valence-electron chi connectivity index (χ3n) is 5.76. The predicted octanol–water partition coefficient (Wildman–Crippen LogP) is 5.10. The smallest absolute Gasteiger partial charge is 0.244 e. The number of carbonyl (C=O) groups excluding carboxylic acids is 1. The predicted molar refractivity (Wildman–Crippen MR) is 136 cm³/mol. The fourth-order valence-electron chi connectivity index (χ4n) is 4.13. The van der Waals surface area contributed by atoms with Crippen molar-refractivity contribution in [2.24, 2.45) is 10.7 Å². The molecule has 1 aliphatic rings. The Balaban J connectivity index is 1.78. The summed E-state index contributed by atoms with van der Waals surface area (Å²) in [6.07, 6.45) is 3.93. The van der Waals surface area contributed by atoms with E-state index in [2.05, 4.69) is 61.3 Å². The van der Waals surface area contributed by atoms with Crippen LogP contribution >= 0.6 is 11.8 Å². The third kappa shape index (κ3) is 6.59. The van der Waals surface area contributed by atoms with Crippen molar-refractivity contribution in [1.29, 1.82) is 0 Å². The largest absolute Gasteiger partial charge is 0.347 e. The molecule has 2 aromatic carbocycles. The van der Waals surface area contributed by atoms with Gasteiger partial charge in [-0.05, 0) is 68.5 Å². The van der Waals surface area contributed by atoms with Crippen LogP contribution in [0.15, 0.2) is 53.5 Å². The molecule has 32 heavy (non-hydrogen) atoms. The Bertz CT molecular complexity index is 895. The van der Waals surface area contributed by atoms with Crippen LogP contribution in [0.4, 0.5) is 5.69 Å². The van der Waals surface area contributed by atoms with Crippen molar-refractivity contribution < 1.29 is 4.79 Å². The van der Waals surface area contributed by atoms with Crippen molar-refractivity contribution >= 4 is 28.5 Å². The minimum atomic E-state index is -0.208. The van der Waals surface area contributed by atoms with Crippen LogP contribution < -0.4 is 11.1 Å². The number of rotatable bonds is 10. The van der Waals surface area contributed by atoms with Crippen LogP contribution in [0.5, 0.6) is 0 Å². The molecule has 6 heteroatoms. The number of aryl methyl sites for hydroxylation is 2. The average molecular weight is 453 g/mol. The number of nitrogens with one attached hydrogen (secondary N) is 1. The number of unbranched alkanes of at least 4 members (excludes halogenated alkanes) is 2. The number of benzene rings is 2. The summed E-state index contributed by atoms with van der Waals surface area (Å²) >= 11 is 1.68. The van der Waals surface area contributed by atoms with E-state index in [0.29, 0.717) is 6.54 Å². The van der Waals surface area contributed by atoms with Gasteiger partial charge in [-0.25, -0.2) is 4.99 Å². The van der Waals surface area contributed by atoms with Crippen LogP contribution in [0.3, 0.4) is 0 Å². The maximum atomic E-state index is 13.4. The first-order valence-electron chi connectivity index (χ1n) is 11.6. The number of nitrogens with two attached hydrogens (primary N) is 1. The number of amidine groups is 1. The highest BCUT2D eigenvalue weighted by atomic mass is 32.2. The lowest BCUT2D eigenvalue weighted by Gasteiger charge is -2.27. The first-order chi connectivity index (χ1) is 15.5. The summed E-state index contributed by atoms with van der Waals surface area (Å²) in [5, 5.41) is 4.23. The SMILES string of the molecule is CCC(NC(=O)C1CSC(=Nc2cc(C)cc(C)c2)N1CCCCCN)c1ccccc1. The van der Waals surface area contributed by atoms with Crippen LogP contribution in [-0.4, -0.2) is 40.9 Å². The highest BCUT2D eigenvalue weighted by molar-refractivity contribution is 8.14. The van der Waals surface area contributed by atoms with Gasteiger partial charge in [-0.15, -0.1) is 0 Å². The normalized spacial score (nSPS) is 18.2. The number of nitrogens with zero attached hydrogens (tertiary/aromatic N) is 2. The van der Waals surface area contributed by atoms with Gasteiger partial charge in [0.1, 0.15) is 6.04 Å². The molecule has 5 nitrogen and oxygen atoms in total. The summed E-state index contributed by atoms with van der Waals surface area (Å²) in [5.41, 5.74) is 10.2. The van der Waals surface area contributed by atoms with E-state index in [-0.39, 0.29) is 18.0 Å². The van der Waals surface area contributed by atoms with Gasteiger partial charge in [-0.2, -0.15) is 0 Å². The summed E-state index contributed by atoms with van der Waals surface area (Å²) in [4.78, 5) is 20.5. The van der Waals surface area contributed by atoms with Gasteiger partial charge in [0.15, 0.2) is 5.17 Å². The van der Waals surface area contributed by atoms with Crippen LogP contribution in [0.25, 0.3) is 0 Å². The molecule has 1 amide bonds. The Hall–Kier alpha value is -2.31. The lowest BCUT2D eigenvalue weighted by molar-refractivity contribution is -0.125. The molecule has 3 rings (SSSR count). The van der Waals surface area contributed by atoms with Gasteiger partial charge in [0.05, 0.1) is 11.7 Å². The standard InChI is InChI=1S/C26H36N4OS/c1-4-23(21-11-7-5-8-12-21)29-25(31)24-18-32-26(30(24)14-10-6-9-13-27)28-22-16-19(2)15-20(3)17-22/h5,7-8,11-12,15-17,23-24H,4,6,9-10,13-14,18,27H2,1-3H3,(H,29,31). The van der Waals surface area contributed by atoms with Gasteiger partial charge >= 0.3 is 0 Å². The molecule has 1 fully saturated rings. The van der Waals surface area contributed by atoms with E-state index in [0.717, 1.165) is 54.4 Å². The van der Waals surface area contributed by atoms with Crippen LogP contribution in [-0.2, 0) is 4.79 Å². The topological polar surface area (TPSA) is 70.7 Å². The van der Waals surface area contributed by atoms with E-state index in [1.807, 2.05) is 18.2 Å². The Morgan fingerprint density at radius 1 is 1.16 bits per heavy atom. The van der Waals surface area contributed by atoms with Gasteiger partial charge in [-0.3, -0.25) is 4.79 Å². The van der Waals surface area contributed by atoms with Crippen LogP contribution in [0.1, 0.15) is 55.3 Å². The van der Waals surface area contributed by atoms with E-state index in [1.54, 1.807) is 11.8 Å². The maximum Gasteiger partial charge on any atom is 0.244 e. The molecule has 2 unspecified atom stereocenters. The van der Waals surface area contributed by atoms with Crippen LogP contribution in [0.2, 0.25) is 0 Å². The Morgan fingerprint density at radius 3 is 2.53 bits per heavy atom. The number of aliphatic imine (C=N–C) groups is 1. The molecule has 3 N–H and O–H groups in total. The van der Waals surface area contributed by atoms with Crippen molar-refractivity contribution in [2.45, 2.75) is 58.5 Å². The Morgan fingerprint density at radius 2 is 1.88 bits per heavy atom. The number of carbonyl (C=O) groups is 1. The number of hydrogen-bond acceptors (Lipinski definition) is 4. The van der Waals surface area contributed by atoms with Crippen molar-refractivity contribution in [3.63, 3.8) is 0 Å². The molecule has 0 spiro atoms. The molecule has 0 radical (unpaired) electrons. The van der Waals surface area contributed by atoms with Gasteiger partial charge in [0.25, 0.3) is 0 Å². The highest BCUT2D eigenvalue weighted by Gasteiger charge is 2.36. The summed E-state index contributed by atoms with van der Waals surface area (Å²) in [6.45, 7) is 7.81. The second kappa shape index (κ2) is 12.1. The minimum absolute atomic E-state index is 0.0215. The number of hydrogen-bond donors (Lipinski definition) is 2. The summed E-state index contributed by atoms with van der Waals surface area (Å²) in [7, 11) is 0. The summed E-state index contributed by atoms with van der Waals surface area (Å²) < 4.78 is 0. The minimum Gasteiger partial charge on any atom is -0.347 e.